The Labute approximate surface area is 111 Å². The highest BCUT2D eigenvalue weighted by molar-refractivity contribution is 7.81. The highest BCUT2D eigenvalue weighted by atomic mass is 32.1. The van der Waals surface area contributed by atoms with Gasteiger partial charge >= 0.3 is 0 Å². The summed E-state index contributed by atoms with van der Waals surface area (Å²) in [4.78, 5) is 0. The van der Waals surface area contributed by atoms with Crippen molar-refractivity contribution in [1.82, 2.24) is 0 Å². The van der Waals surface area contributed by atoms with Crippen LogP contribution < -0.4 is 0 Å². The minimum Gasteiger partial charge on any atom is -0.380 e. The highest BCUT2D eigenvalue weighted by Crippen LogP contribution is 2.03. The van der Waals surface area contributed by atoms with Gasteiger partial charge in [0.25, 0.3) is 0 Å². The van der Waals surface area contributed by atoms with E-state index in [9.17, 15) is 0 Å². The predicted molar refractivity (Wildman–Crippen MR) is 77.0 cm³/mol. The molecule has 0 bridgehead atoms. The minimum atomic E-state index is 0.380. The van der Waals surface area contributed by atoms with Crippen molar-refractivity contribution < 1.29 is 9.47 Å². The number of hydrogen-bond donors (Lipinski definition) is 2. The van der Waals surface area contributed by atoms with Crippen LogP contribution in [-0.2, 0) is 9.47 Å². The summed E-state index contributed by atoms with van der Waals surface area (Å²) in [6, 6.07) is 0. The molecule has 0 rings (SSSR count). The van der Waals surface area contributed by atoms with Crippen LogP contribution in [0.15, 0.2) is 0 Å². The first kappa shape index (κ1) is 16.6. The molecule has 0 aromatic heterocycles. The first-order valence-corrected chi connectivity index (χ1v) is 7.25. The van der Waals surface area contributed by atoms with Gasteiger partial charge in [-0.3, -0.25) is 0 Å². The fraction of sp³-hybridized carbons (Fsp3) is 1.00. The van der Waals surface area contributed by atoms with Crippen LogP contribution in [0.3, 0.4) is 0 Å². The molecule has 2 unspecified atom stereocenters. The normalized spacial score (nSPS) is 15.0. The Balaban J connectivity index is 3.04. The monoisotopic (exact) mass is 266 g/mol. The molecule has 0 spiro atoms. The van der Waals surface area contributed by atoms with Gasteiger partial charge in [0.05, 0.1) is 13.2 Å². The van der Waals surface area contributed by atoms with E-state index in [-0.39, 0.29) is 0 Å². The lowest BCUT2D eigenvalue weighted by atomic mass is 10.3. The molecular weight excluding hydrogens is 240 g/mol. The Hall–Kier alpha value is 0.620. The van der Waals surface area contributed by atoms with Crippen LogP contribution in [0.1, 0.15) is 39.5 Å². The first-order chi connectivity index (χ1) is 7.70. The molecule has 0 aromatic rings. The summed E-state index contributed by atoms with van der Waals surface area (Å²) in [7, 11) is 0. The Bertz CT molecular complexity index is 129. The van der Waals surface area contributed by atoms with Crippen molar-refractivity contribution in [3.05, 3.63) is 0 Å². The third kappa shape index (κ3) is 11.1. The summed E-state index contributed by atoms with van der Waals surface area (Å²) in [5.74, 6) is 0. The molecule has 2 atom stereocenters. The SMILES string of the molecule is CCC(S)COCCCCOCC(S)CC. The lowest BCUT2D eigenvalue weighted by Gasteiger charge is -2.10. The summed E-state index contributed by atoms with van der Waals surface area (Å²) < 4.78 is 11.0. The predicted octanol–water partition coefficient (Wildman–Crippen LogP) is 3.22. The lowest BCUT2D eigenvalue weighted by Crippen LogP contribution is -2.10. The van der Waals surface area contributed by atoms with E-state index in [0.717, 1.165) is 52.1 Å². The van der Waals surface area contributed by atoms with Crippen LogP contribution in [0.5, 0.6) is 0 Å². The number of ether oxygens (including phenoxy) is 2. The highest BCUT2D eigenvalue weighted by Gasteiger charge is 2.00. The Morgan fingerprint density at radius 3 is 1.50 bits per heavy atom. The summed E-state index contributed by atoms with van der Waals surface area (Å²) in [5.41, 5.74) is 0. The molecule has 16 heavy (non-hydrogen) atoms. The largest absolute Gasteiger partial charge is 0.380 e. The van der Waals surface area contributed by atoms with Gasteiger partial charge < -0.3 is 9.47 Å². The molecule has 0 heterocycles. The summed E-state index contributed by atoms with van der Waals surface area (Å²) in [6.45, 7) is 7.40. The Morgan fingerprint density at radius 1 is 0.812 bits per heavy atom. The third-order valence-corrected chi connectivity index (χ3v) is 3.42. The molecule has 4 heteroatoms. The second kappa shape index (κ2) is 12.1. The molecule has 0 aliphatic rings. The lowest BCUT2D eigenvalue weighted by molar-refractivity contribution is 0.103. The standard InChI is InChI=1S/C12H26O2S2/c1-3-11(15)9-13-7-5-6-8-14-10-12(16)4-2/h11-12,15-16H,3-10H2,1-2H3. The second-order valence-electron chi connectivity index (χ2n) is 3.98. The third-order valence-electron chi connectivity index (χ3n) is 2.39. The van der Waals surface area contributed by atoms with E-state index in [0.29, 0.717) is 10.5 Å². The molecular formula is C12H26O2S2. The first-order valence-electron chi connectivity index (χ1n) is 6.22. The van der Waals surface area contributed by atoms with Gasteiger partial charge in [0.15, 0.2) is 0 Å². The van der Waals surface area contributed by atoms with Crippen molar-refractivity contribution in [2.75, 3.05) is 26.4 Å². The molecule has 98 valence electrons. The van der Waals surface area contributed by atoms with E-state index in [1.165, 1.54) is 0 Å². The summed E-state index contributed by atoms with van der Waals surface area (Å²) in [5, 5.41) is 0.761. The molecule has 0 aliphatic heterocycles. The van der Waals surface area contributed by atoms with Crippen molar-refractivity contribution >= 4 is 25.3 Å². The van der Waals surface area contributed by atoms with Crippen molar-refractivity contribution in [3.63, 3.8) is 0 Å². The van der Waals surface area contributed by atoms with Gasteiger partial charge in [-0.1, -0.05) is 13.8 Å². The van der Waals surface area contributed by atoms with Crippen LogP contribution in [0.2, 0.25) is 0 Å². The second-order valence-corrected chi connectivity index (χ2v) is 5.44. The van der Waals surface area contributed by atoms with Crippen LogP contribution in [0, 0.1) is 0 Å². The van der Waals surface area contributed by atoms with Crippen molar-refractivity contribution in [1.29, 1.82) is 0 Å². The zero-order chi connectivity index (χ0) is 12.2. The van der Waals surface area contributed by atoms with Gasteiger partial charge in [-0.05, 0) is 25.7 Å². The molecule has 0 saturated carbocycles. The zero-order valence-corrected chi connectivity index (χ0v) is 12.3. The smallest absolute Gasteiger partial charge is 0.0582 e. The van der Waals surface area contributed by atoms with Gasteiger partial charge in [-0.25, -0.2) is 0 Å². The molecule has 0 amide bonds. The number of rotatable bonds is 11. The summed E-state index contributed by atoms with van der Waals surface area (Å²) >= 11 is 8.73. The number of unbranched alkanes of at least 4 members (excludes halogenated alkanes) is 1. The molecule has 0 aliphatic carbocycles. The molecule has 0 fully saturated rings. The molecule has 0 saturated heterocycles. The van der Waals surface area contributed by atoms with E-state index in [4.69, 9.17) is 9.47 Å². The fourth-order valence-electron chi connectivity index (χ4n) is 1.08. The zero-order valence-electron chi connectivity index (χ0n) is 10.5. The van der Waals surface area contributed by atoms with Gasteiger partial charge in [0, 0.05) is 23.7 Å². The molecule has 0 N–H and O–H groups in total. The van der Waals surface area contributed by atoms with Crippen LogP contribution in [-0.4, -0.2) is 36.9 Å². The average molecular weight is 266 g/mol. The quantitative estimate of drug-likeness (QED) is 0.442. The molecule has 2 nitrogen and oxygen atoms in total. The maximum Gasteiger partial charge on any atom is 0.0582 e. The van der Waals surface area contributed by atoms with E-state index in [1.807, 2.05) is 0 Å². The fourth-order valence-corrected chi connectivity index (χ4v) is 1.29. The average Bonchev–Trinajstić information content (AvgIpc) is 2.31. The summed E-state index contributed by atoms with van der Waals surface area (Å²) in [6.07, 6.45) is 4.25. The van der Waals surface area contributed by atoms with Crippen molar-refractivity contribution in [2.24, 2.45) is 0 Å². The Kier molecular flexibility index (Phi) is 12.6. The van der Waals surface area contributed by atoms with Gasteiger partial charge in [0.2, 0.25) is 0 Å². The van der Waals surface area contributed by atoms with Gasteiger partial charge in [-0.15, -0.1) is 0 Å². The van der Waals surface area contributed by atoms with E-state index in [1.54, 1.807) is 0 Å². The number of thiol groups is 2. The van der Waals surface area contributed by atoms with Crippen molar-refractivity contribution in [3.8, 4) is 0 Å². The van der Waals surface area contributed by atoms with Crippen LogP contribution in [0.25, 0.3) is 0 Å². The van der Waals surface area contributed by atoms with Crippen LogP contribution >= 0.6 is 25.3 Å². The van der Waals surface area contributed by atoms with Crippen LogP contribution in [0.4, 0.5) is 0 Å². The van der Waals surface area contributed by atoms with Crippen molar-refractivity contribution in [2.45, 2.75) is 50.0 Å². The maximum absolute atomic E-state index is 5.49. The Morgan fingerprint density at radius 2 is 1.19 bits per heavy atom. The van der Waals surface area contributed by atoms with E-state index < -0.39 is 0 Å². The maximum atomic E-state index is 5.49. The minimum absolute atomic E-state index is 0.380. The molecule has 0 radical (unpaired) electrons. The number of hydrogen-bond acceptors (Lipinski definition) is 4. The topological polar surface area (TPSA) is 18.5 Å². The van der Waals surface area contributed by atoms with E-state index >= 15 is 0 Å². The molecule has 0 aromatic carbocycles. The van der Waals surface area contributed by atoms with E-state index in [2.05, 4.69) is 39.1 Å². The van der Waals surface area contributed by atoms with Gasteiger partial charge in [0.1, 0.15) is 0 Å². The van der Waals surface area contributed by atoms with Gasteiger partial charge in [-0.2, -0.15) is 25.3 Å².